The van der Waals surface area contributed by atoms with Crippen molar-refractivity contribution in [1.29, 1.82) is 0 Å². The van der Waals surface area contributed by atoms with Gasteiger partial charge in [-0.15, -0.1) is 10.2 Å². The molecular weight excluding hydrogens is 344 g/mol. The van der Waals surface area contributed by atoms with Crippen molar-refractivity contribution >= 4 is 5.91 Å². The van der Waals surface area contributed by atoms with Crippen LogP contribution >= 0.6 is 0 Å². The van der Waals surface area contributed by atoms with Gasteiger partial charge in [0.15, 0.2) is 11.5 Å². The van der Waals surface area contributed by atoms with E-state index in [4.69, 9.17) is 9.47 Å². The second-order valence-corrected chi connectivity index (χ2v) is 6.53. The van der Waals surface area contributed by atoms with Crippen LogP contribution in [0.1, 0.15) is 55.1 Å². The highest BCUT2D eigenvalue weighted by Crippen LogP contribution is 2.28. The number of hydrogen-bond donors (Lipinski definition) is 1. The fourth-order valence-corrected chi connectivity index (χ4v) is 3.31. The van der Waals surface area contributed by atoms with Gasteiger partial charge in [0, 0.05) is 31.5 Å². The molecule has 0 atom stereocenters. The van der Waals surface area contributed by atoms with Crippen LogP contribution in [0.2, 0.25) is 0 Å². The zero-order valence-corrected chi connectivity index (χ0v) is 16.2. The van der Waals surface area contributed by atoms with Crippen molar-refractivity contribution in [2.45, 2.75) is 52.5 Å². The van der Waals surface area contributed by atoms with Gasteiger partial charge in [-0.25, -0.2) is 0 Å². The van der Waals surface area contributed by atoms with Crippen LogP contribution in [0.5, 0.6) is 11.5 Å². The van der Waals surface area contributed by atoms with Crippen LogP contribution in [0.3, 0.4) is 0 Å². The van der Waals surface area contributed by atoms with Crippen molar-refractivity contribution in [2.24, 2.45) is 0 Å². The summed E-state index contributed by atoms with van der Waals surface area (Å²) in [5, 5.41) is 11.6. The summed E-state index contributed by atoms with van der Waals surface area (Å²) in [7, 11) is 0. The predicted octanol–water partition coefficient (Wildman–Crippen LogP) is 2.77. The van der Waals surface area contributed by atoms with E-state index >= 15 is 0 Å². The second kappa shape index (κ2) is 9.39. The molecule has 0 unspecified atom stereocenters. The smallest absolute Gasteiger partial charge is 0.251 e. The summed E-state index contributed by atoms with van der Waals surface area (Å²) in [6.45, 7) is 6.39. The molecule has 1 N–H and O–H groups in total. The topological polar surface area (TPSA) is 78.3 Å². The highest BCUT2D eigenvalue weighted by atomic mass is 16.5. The fourth-order valence-electron chi connectivity index (χ4n) is 3.31. The average Bonchev–Trinajstić information content (AvgIpc) is 2.90. The van der Waals surface area contributed by atoms with E-state index in [1.807, 2.05) is 13.8 Å². The summed E-state index contributed by atoms with van der Waals surface area (Å²) in [5.74, 6) is 3.14. The third kappa shape index (κ3) is 4.78. The van der Waals surface area contributed by atoms with Crippen LogP contribution in [-0.4, -0.2) is 40.4 Å². The maximum absolute atomic E-state index is 12.5. The average molecular weight is 372 g/mol. The van der Waals surface area contributed by atoms with Gasteiger partial charge in [-0.05, 0) is 44.9 Å². The quantitative estimate of drug-likeness (QED) is 0.771. The molecule has 1 aliphatic heterocycles. The first-order valence-electron chi connectivity index (χ1n) is 9.81. The molecule has 1 aromatic carbocycles. The molecule has 0 saturated carbocycles. The van der Waals surface area contributed by atoms with Crippen LogP contribution in [0.25, 0.3) is 0 Å². The normalized spacial score (nSPS) is 13.6. The number of benzene rings is 1. The van der Waals surface area contributed by atoms with Gasteiger partial charge < -0.3 is 19.4 Å². The van der Waals surface area contributed by atoms with Crippen molar-refractivity contribution in [3.05, 3.63) is 35.4 Å². The minimum Gasteiger partial charge on any atom is -0.490 e. The van der Waals surface area contributed by atoms with Crippen molar-refractivity contribution in [1.82, 2.24) is 20.1 Å². The molecule has 2 aromatic rings. The molecule has 7 nitrogen and oxygen atoms in total. The lowest BCUT2D eigenvalue weighted by molar-refractivity contribution is 0.0953. The van der Waals surface area contributed by atoms with E-state index in [2.05, 4.69) is 20.1 Å². The highest BCUT2D eigenvalue weighted by molar-refractivity contribution is 5.94. The third-order valence-electron chi connectivity index (χ3n) is 4.63. The molecule has 2 heterocycles. The summed E-state index contributed by atoms with van der Waals surface area (Å²) < 4.78 is 13.3. The third-order valence-corrected chi connectivity index (χ3v) is 4.63. The molecule has 1 amide bonds. The molecule has 7 heteroatoms. The zero-order chi connectivity index (χ0) is 19.1. The molecular formula is C20H28N4O3. The fraction of sp³-hybridized carbons (Fsp3) is 0.550. The molecule has 0 radical (unpaired) electrons. The lowest BCUT2D eigenvalue weighted by Crippen LogP contribution is -2.26. The maximum Gasteiger partial charge on any atom is 0.251 e. The van der Waals surface area contributed by atoms with Gasteiger partial charge in [-0.3, -0.25) is 4.79 Å². The minimum atomic E-state index is -0.130. The van der Waals surface area contributed by atoms with Crippen LogP contribution in [0.4, 0.5) is 0 Å². The molecule has 0 saturated heterocycles. The van der Waals surface area contributed by atoms with Crippen LogP contribution in [0, 0.1) is 0 Å². The monoisotopic (exact) mass is 372 g/mol. The highest BCUT2D eigenvalue weighted by Gasteiger charge is 2.15. The Bertz CT molecular complexity index is 773. The number of carbonyl (C=O) groups excluding carboxylic acids is 1. The molecule has 3 rings (SSSR count). The standard InChI is InChI=1S/C20H28N4O3/c1-3-26-16-10-9-15(14-17(16)27-4-2)20(25)21-12-11-19-23-22-18-8-6-5-7-13-24(18)19/h9-10,14H,3-8,11-13H2,1-2H3,(H,21,25). The van der Waals surface area contributed by atoms with Gasteiger partial charge in [0.25, 0.3) is 5.91 Å². The number of hydrogen-bond acceptors (Lipinski definition) is 5. The first-order chi connectivity index (χ1) is 13.2. The minimum absolute atomic E-state index is 0.130. The first kappa shape index (κ1) is 19.2. The van der Waals surface area contributed by atoms with Crippen LogP contribution in [-0.2, 0) is 19.4 Å². The number of fused-ring (bicyclic) bond motifs is 1. The number of nitrogens with zero attached hydrogens (tertiary/aromatic N) is 3. The van der Waals surface area contributed by atoms with Gasteiger partial charge in [0.05, 0.1) is 13.2 Å². The maximum atomic E-state index is 12.5. The van der Waals surface area contributed by atoms with Gasteiger partial charge in [-0.1, -0.05) is 6.42 Å². The summed E-state index contributed by atoms with van der Waals surface area (Å²) >= 11 is 0. The molecule has 27 heavy (non-hydrogen) atoms. The van der Waals surface area contributed by atoms with E-state index < -0.39 is 0 Å². The molecule has 1 aliphatic rings. The number of amides is 1. The zero-order valence-electron chi connectivity index (χ0n) is 16.2. The van der Waals surface area contributed by atoms with Crippen molar-refractivity contribution in [3.63, 3.8) is 0 Å². The molecule has 0 bridgehead atoms. The first-order valence-corrected chi connectivity index (χ1v) is 9.81. The van der Waals surface area contributed by atoms with E-state index in [1.54, 1.807) is 18.2 Å². The second-order valence-electron chi connectivity index (χ2n) is 6.53. The number of ether oxygens (including phenoxy) is 2. The van der Waals surface area contributed by atoms with Gasteiger partial charge in [0.1, 0.15) is 11.6 Å². The largest absolute Gasteiger partial charge is 0.490 e. The summed E-state index contributed by atoms with van der Waals surface area (Å²) in [6, 6.07) is 5.26. The SMILES string of the molecule is CCOc1ccc(C(=O)NCCc2nnc3n2CCCCC3)cc1OCC. The number of aryl methyl sites for hydroxylation is 1. The van der Waals surface area contributed by atoms with Gasteiger partial charge >= 0.3 is 0 Å². The number of carbonyl (C=O) groups is 1. The number of nitrogens with one attached hydrogen (secondary N) is 1. The van der Waals surface area contributed by atoms with Crippen molar-refractivity contribution in [3.8, 4) is 11.5 Å². The van der Waals surface area contributed by atoms with Gasteiger partial charge in [0.2, 0.25) is 0 Å². The predicted molar refractivity (Wildman–Crippen MR) is 102 cm³/mol. The molecule has 146 valence electrons. The summed E-state index contributed by atoms with van der Waals surface area (Å²) in [5.41, 5.74) is 0.557. The number of aromatic nitrogens is 3. The van der Waals surface area contributed by atoms with Crippen molar-refractivity contribution < 1.29 is 14.3 Å². The van der Waals surface area contributed by atoms with E-state index in [-0.39, 0.29) is 5.91 Å². The van der Waals surface area contributed by atoms with E-state index in [0.717, 1.165) is 31.0 Å². The molecule has 0 aliphatic carbocycles. The Hall–Kier alpha value is -2.57. The number of rotatable bonds is 8. The molecule has 1 aromatic heterocycles. The lowest BCUT2D eigenvalue weighted by atomic mass is 10.2. The Kier molecular flexibility index (Phi) is 6.68. The Morgan fingerprint density at radius 3 is 2.74 bits per heavy atom. The molecule has 0 fully saturated rings. The van der Waals surface area contributed by atoms with Crippen LogP contribution < -0.4 is 14.8 Å². The molecule has 0 spiro atoms. The Labute approximate surface area is 160 Å². The summed E-state index contributed by atoms with van der Waals surface area (Å²) in [4.78, 5) is 12.5. The van der Waals surface area contributed by atoms with Gasteiger partial charge in [-0.2, -0.15) is 0 Å². The van der Waals surface area contributed by atoms with E-state index in [0.29, 0.717) is 43.2 Å². The van der Waals surface area contributed by atoms with Crippen molar-refractivity contribution in [2.75, 3.05) is 19.8 Å². The van der Waals surface area contributed by atoms with Crippen LogP contribution in [0.15, 0.2) is 18.2 Å². The Morgan fingerprint density at radius 2 is 1.93 bits per heavy atom. The Morgan fingerprint density at radius 1 is 1.11 bits per heavy atom. The summed E-state index contributed by atoms with van der Waals surface area (Å²) in [6.07, 6.45) is 5.24. The lowest BCUT2D eigenvalue weighted by Gasteiger charge is -2.12. The van der Waals surface area contributed by atoms with E-state index in [1.165, 1.54) is 12.8 Å². The van der Waals surface area contributed by atoms with E-state index in [9.17, 15) is 4.79 Å². The Balaban J connectivity index is 1.59.